The predicted octanol–water partition coefficient (Wildman–Crippen LogP) is -6.41. The maximum absolute atomic E-state index is 10.9. The summed E-state index contributed by atoms with van der Waals surface area (Å²) in [6, 6.07) is -1.46. The van der Waals surface area contributed by atoms with Crippen LogP contribution < -0.4 is 0 Å². The summed E-state index contributed by atoms with van der Waals surface area (Å²) in [5.74, 6) is -5.48. The normalized spacial score (nSPS) is 8.35. The van der Waals surface area contributed by atoms with Crippen LogP contribution in [0.2, 0.25) is 0 Å². The van der Waals surface area contributed by atoms with Gasteiger partial charge in [0, 0.05) is 6.42 Å². The molecule has 0 unspecified atom stereocenters. The SMILES string of the molecule is O=C(O)CC[C@H](C(=O)O)N(CC(=O)O)CC(=O)O.[NaH].[NaH].[NaH].[NaH].[NaH].[NaH].[NaH].[NaH]. The molecule has 0 aromatic rings. The second kappa shape index (κ2) is 35.4. The topological polar surface area (TPSA) is 152 Å². The Morgan fingerprint density at radius 2 is 0.923 bits per heavy atom. The third kappa shape index (κ3) is 34.5. The van der Waals surface area contributed by atoms with E-state index in [-0.39, 0.29) is 243 Å². The zero-order chi connectivity index (χ0) is 14.3. The Morgan fingerprint density at radius 3 is 1.12 bits per heavy atom. The summed E-state index contributed by atoms with van der Waals surface area (Å²) >= 11 is 0. The molecule has 0 aliphatic rings. The molecule has 0 aromatic carbocycles. The van der Waals surface area contributed by atoms with Crippen LogP contribution in [0.25, 0.3) is 0 Å². The second-order valence-electron chi connectivity index (χ2n) is 3.48. The Morgan fingerprint density at radius 1 is 0.615 bits per heavy atom. The molecule has 0 radical (unpaired) electrons. The molecule has 118 valence electrons. The Hall–Kier alpha value is 5.84. The van der Waals surface area contributed by atoms with Gasteiger partial charge in [0.1, 0.15) is 6.04 Å². The number of nitrogens with zero attached hydrogens (tertiary/aromatic N) is 1. The van der Waals surface area contributed by atoms with Crippen LogP contribution >= 0.6 is 0 Å². The van der Waals surface area contributed by atoms with Crippen LogP contribution in [0, 0.1) is 0 Å². The molecule has 0 saturated carbocycles. The van der Waals surface area contributed by atoms with Crippen molar-refractivity contribution in [2.45, 2.75) is 18.9 Å². The van der Waals surface area contributed by atoms with Gasteiger partial charge in [0.05, 0.1) is 13.1 Å². The van der Waals surface area contributed by atoms with Crippen molar-refractivity contribution in [2.24, 2.45) is 0 Å². The molecular formula is C9H21NNa8O8. The van der Waals surface area contributed by atoms with E-state index in [0.29, 0.717) is 4.90 Å². The zero-order valence-electron chi connectivity index (χ0n) is 9.27. The monoisotopic (exact) mass is 455 g/mol. The molecule has 9 nitrogen and oxygen atoms in total. The van der Waals surface area contributed by atoms with Gasteiger partial charge < -0.3 is 20.4 Å². The number of carboxylic acid groups (broad SMARTS) is 4. The Bertz CT molecular complexity index is 360. The minimum absolute atomic E-state index is 0. The van der Waals surface area contributed by atoms with Gasteiger partial charge in [0.15, 0.2) is 0 Å². The molecule has 0 saturated heterocycles. The van der Waals surface area contributed by atoms with E-state index in [2.05, 4.69) is 0 Å². The van der Waals surface area contributed by atoms with Crippen molar-refractivity contribution in [1.29, 1.82) is 0 Å². The van der Waals surface area contributed by atoms with Crippen LogP contribution in [-0.2, 0) is 19.2 Å². The molecule has 0 aliphatic carbocycles. The first-order valence-electron chi connectivity index (χ1n) is 4.86. The summed E-state index contributed by atoms with van der Waals surface area (Å²) in [5, 5.41) is 34.4. The number of hydrogen-bond acceptors (Lipinski definition) is 5. The summed E-state index contributed by atoms with van der Waals surface area (Å²) in [6.45, 7) is -1.58. The number of rotatable bonds is 9. The fraction of sp³-hybridized carbons (Fsp3) is 0.556. The van der Waals surface area contributed by atoms with Gasteiger partial charge in [0.2, 0.25) is 0 Å². The van der Waals surface area contributed by atoms with Crippen LogP contribution in [0.5, 0.6) is 0 Å². The van der Waals surface area contributed by atoms with Crippen molar-refractivity contribution in [1.82, 2.24) is 4.90 Å². The fourth-order valence-electron chi connectivity index (χ4n) is 1.35. The van der Waals surface area contributed by atoms with Gasteiger partial charge in [-0.1, -0.05) is 0 Å². The Balaban J connectivity index is -0.0000000516. The van der Waals surface area contributed by atoms with Gasteiger partial charge in [-0.3, -0.25) is 24.1 Å². The summed E-state index contributed by atoms with van der Waals surface area (Å²) in [5.41, 5.74) is 0. The minimum atomic E-state index is -1.46. The number of carbonyl (C=O) groups is 4. The number of carboxylic acids is 4. The Labute approximate surface area is 329 Å². The molecule has 4 N–H and O–H groups in total. The molecule has 0 spiro atoms. The van der Waals surface area contributed by atoms with Crippen molar-refractivity contribution < 1.29 is 39.6 Å². The molecule has 17 heteroatoms. The second-order valence-corrected chi connectivity index (χ2v) is 3.48. The molecule has 0 amide bonds. The number of hydrogen-bond donors (Lipinski definition) is 4. The van der Waals surface area contributed by atoms with E-state index in [1.807, 2.05) is 0 Å². The maximum atomic E-state index is 10.9. The summed E-state index contributed by atoms with van der Waals surface area (Å²) in [4.78, 5) is 43.0. The van der Waals surface area contributed by atoms with Crippen LogP contribution in [0.4, 0.5) is 0 Å². The Kier molecular flexibility index (Phi) is 79.1. The predicted molar refractivity (Wildman–Crippen MR) is 112 cm³/mol. The van der Waals surface area contributed by atoms with E-state index < -0.39 is 49.4 Å². The van der Waals surface area contributed by atoms with Crippen molar-refractivity contribution in [2.75, 3.05) is 13.1 Å². The first-order chi connectivity index (χ1) is 8.23. The zero-order valence-corrected chi connectivity index (χ0v) is 9.27. The standard InChI is InChI=1S/C9H13NO8.8Na.8H/c11-6(12)2-1-5(9(17)18)10(3-7(13)14)4-8(15)16;;;;;;;;;;;;;;;;/h5H,1-4H2,(H,11,12)(H,13,14)(H,15,16)(H,17,18);;;;;;;;;;;;;;;;/t5-;;;;;;;;;;;;;;;;/m1................/s1. The summed E-state index contributed by atoms with van der Waals surface area (Å²) < 4.78 is 0. The van der Waals surface area contributed by atoms with E-state index >= 15 is 0 Å². The molecular weight excluding hydrogens is 434 g/mol. The van der Waals surface area contributed by atoms with Gasteiger partial charge in [0.25, 0.3) is 0 Å². The van der Waals surface area contributed by atoms with E-state index in [0.717, 1.165) is 0 Å². The van der Waals surface area contributed by atoms with Gasteiger partial charge >= 0.3 is 260 Å². The van der Waals surface area contributed by atoms with Crippen LogP contribution in [0.3, 0.4) is 0 Å². The van der Waals surface area contributed by atoms with Crippen LogP contribution in [0.15, 0.2) is 0 Å². The first-order valence-corrected chi connectivity index (χ1v) is 4.86. The van der Waals surface area contributed by atoms with Crippen molar-refractivity contribution in [3.63, 3.8) is 0 Å². The quantitative estimate of drug-likeness (QED) is 0.249. The molecule has 0 bridgehead atoms. The van der Waals surface area contributed by atoms with E-state index in [4.69, 9.17) is 20.4 Å². The van der Waals surface area contributed by atoms with Gasteiger partial charge in [-0.15, -0.1) is 0 Å². The van der Waals surface area contributed by atoms with Crippen molar-refractivity contribution in [3.05, 3.63) is 0 Å². The van der Waals surface area contributed by atoms with Crippen molar-refractivity contribution in [3.8, 4) is 0 Å². The van der Waals surface area contributed by atoms with Gasteiger partial charge in [-0.05, 0) is 6.42 Å². The van der Waals surface area contributed by atoms with Crippen LogP contribution in [0.1, 0.15) is 12.8 Å². The molecule has 0 heterocycles. The summed E-state index contributed by atoms with van der Waals surface area (Å²) in [6.07, 6.45) is -0.863. The van der Waals surface area contributed by atoms with Crippen molar-refractivity contribution >= 4 is 260 Å². The molecule has 0 fully saturated rings. The van der Waals surface area contributed by atoms with E-state index in [1.165, 1.54) is 0 Å². The molecule has 1 atom stereocenters. The average molecular weight is 455 g/mol. The van der Waals surface area contributed by atoms with Gasteiger partial charge in [-0.25, -0.2) is 0 Å². The molecule has 26 heavy (non-hydrogen) atoms. The summed E-state index contributed by atoms with van der Waals surface area (Å²) in [7, 11) is 0. The fourth-order valence-corrected chi connectivity index (χ4v) is 1.35. The van der Waals surface area contributed by atoms with E-state index in [1.54, 1.807) is 0 Å². The molecule has 0 aromatic heterocycles. The van der Waals surface area contributed by atoms with Crippen LogP contribution in [-0.4, -0.2) is 305 Å². The van der Waals surface area contributed by atoms with Gasteiger partial charge in [-0.2, -0.15) is 0 Å². The molecule has 0 rings (SSSR count). The number of aliphatic carboxylic acids is 4. The first kappa shape index (κ1) is 58.1. The third-order valence-corrected chi connectivity index (χ3v) is 2.03. The third-order valence-electron chi connectivity index (χ3n) is 2.03. The average Bonchev–Trinajstić information content (AvgIpc) is 2.14. The molecule has 0 aliphatic heterocycles. The van der Waals surface area contributed by atoms with E-state index in [9.17, 15) is 19.2 Å².